The average molecular weight is 379 g/mol. The monoisotopic (exact) mass is 379 g/mol. The summed E-state index contributed by atoms with van der Waals surface area (Å²) in [6.07, 6.45) is -0.713. The van der Waals surface area contributed by atoms with Gasteiger partial charge in [0, 0.05) is 13.1 Å². The summed E-state index contributed by atoms with van der Waals surface area (Å²) >= 11 is -1.53. The van der Waals surface area contributed by atoms with Crippen LogP contribution in [0.15, 0.2) is 47.4 Å². The summed E-state index contributed by atoms with van der Waals surface area (Å²) in [7, 11) is 2.99. The van der Waals surface area contributed by atoms with E-state index in [2.05, 4.69) is 5.32 Å². The zero-order chi connectivity index (χ0) is 18.9. The fraction of sp³-hybridized carbons (Fsp3) is 0.368. The molecular formula is C19H25NO5S. The second-order valence-corrected chi connectivity index (χ2v) is 6.89. The fourth-order valence-corrected chi connectivity index (χ4v) is 3.16. The van der Waals surface area contributed by atoms with Gasteiger partial charge < -0.3 is 19.9 Å². The predicted octanol–water partition coefficient (Wildman–Crippen LogP) is 2.37. The average Bonchev–Trinajstić information content (AvgIpc) is 2.67. The van der Waals surface area contributed by atoms with Crippen LogP contribution in [0.3, 0.4) is 0 Å². The normalized spacial score (nSPS) is 13.2. The SMILES string of the molecule is COc1ccccc1OCCNCC(O)c1ccc(C)c(S(=O)OC)c1. The number of aliphatic hydroxyl groups is 1. The molecule has 2 aromatic rings. The van der Waals surface area contributed by atoms with E-state index in [4.69, 9.17) is 13.7 Å². The van der Waals surface area contributed by atoms with Crippen molar-refractivity contribution in [2.45, 2.75) is 17.9 Å². The van der Waals surface area contributed by atoms with E-state index in [1.165, 1.54) is 7.11 Å². The molecule has 0 fully saturated rings. The molecule has 0 amide bonds. The molecule has 2 rings (SSSR count). The van der Waals surface area contributed by atoms with Crippen LogP contribution in [-0.4, -0.2) is 43.2 Å². The van der Waals surface area contributed by atoms with Crippen LogP contribution >= 0.6 is 0 Å². The number of para-hydroxylation sites is 2. The highest BCUT2D eigenvalue weighted by atomic mass is 32.2. The van der Waals surface area contributed by atoms with Gasteiger partial charge in [-0.3, -0.25) is 4.18 Å². The molecule has 0 aromatic heterocycles. The van der Waals surface area contributed by atoms with Crippen LogP contribution in [0.25, 0.3) is 0 Å². The molecule has 142 valence electrons. The number of hydrogen-bond acceptors (Lipinski definition) is 6. The smallest absolute Gasteiger partial charge is 0.189 e. The van der Waals surface area contributed by atoms with Crippen molar-refractivity contribution in [3.8, 4) is 11.5 Å². The highest BCUT2D eigenvalue weighted by molar-refractivity contribution is 7.80. The molecule has 0 saturated heterocycles. The largest absolute Gasteiger partial charge is 0.493 e. The highest BCUT2D eigenvalue weighted by Crippen LogP contribution is 2.25. The molecule has 0 aliphatic heterocycles. The van der Waals surface area contributed by atoms with Crippen molar-refractivity contribution < 1.29 is 23.0 Å². The predicted molar refractivity (Wildman–Crippen MR) is 101 cm³/mol. The van der Waals surface area contributed by atoms with Crippen molar-refractivity contribution in [2.24, 2.45) is 0 Å². The number of benzene rings is 2. The van der Waals surface area contributed by atoms with E-state index >= 15 is 0 Å². The minimum absolute atomic E-state index is 0.359. The molecule has 0 aliphatic carbocycles. The van der Waals surface area contributed by atoms with Crippen LogP contribution < -0.4 is 14.8 Å². The minimum atomic E-state index is -1.53. The molecule has 2 aromatic carbocycles. The summed E-state index contributed by atoms with van der Waals surface area (Å²) in [4.78, 5) is 0.573. The van der Waals surface area contributed by atoms with Gasteiger partial charge in [0.25, 0.3) is 0 Å². The van der Waals surface area contributed by atoms with Crippen molar-refractivity contribution in [3.63, 3.8) is 0 Å². The zero-order valence-corrected chi connectivity index (χ0v) is 16.0. The number of rotatable bonds is 10. The number of nitrogens with one attached hydrogen (secondary N) is 1. The van der Waals surface area contributed by atoms with E-state index in [0.717, 1.165) is 5.56 Å². The summed E-state index contributed by atoms with van der Waals surface area (Å²) in [6.45, 7) is 3.23. The Labute approximate surface area is 156 Å². The molecule has 7 heteroatoms. The first kappa shape index (κ1) is 20.4. The van der Waals surface area contributed by atoms with Crippen molar-refractivity contribution in [1.82, 2.24) is 5.32 Å². The van der Waals surface area contributed by atoms with Gasteiger partial charge in [-0.1, -0.05) is 24.3 Å². The third-order valence-corrected chi connectivity index (χ3v) is 4.97. The Balaban J connectivity index is 1.82. The number of aliphatic hydroxyl groups excluding tert-OH is 1. The Hall–Kier alpha value is -1.93. The quantitative estimate of drug-likeness (QED) is 0.617. The zero-order valence-electron chi connectivity index (χ0n) is 15.2. The van der Waals surface area contributed by atoms with Gasteiger partial charge >= 0.3 is 0 Å². The van der Waals surface area contributed by atoms with E-state index in [9.17, 15) is 9.32 Å². The van der Waals surface area contributed by atoms with Gasteiger partial charge in [0.15, 0.2) is 22.6 Å². The molecule has 0 spiro atoms. The van der Waals surface area contributed by atoms with Crippen LogP contribution in [0, 0.1) is 6.92 Å². The maximum absolute atomic E-state index is 11.9. The number of ether oxygens (including phenoxy) is 2. The summed E-state index contributed by atoms with van der Waals surface area (Å²) in [6, 6.07) is 12.8. The lowest BCUT2D eigenvalue weighted by Crippen LogP contribution is -2.26. The molecule has 0 heterocycles. The Bertz CT molecular complexity index is 738. The van der Waals surface area contributed by atoms with Crippen molar-refractivity contribution in [1.29, 1.82) is 0 Å². The van der Waals surface area contributed by atoms with Crippen LogP contribution in [-0.2, 0) is 15.3 Å². The third-order valence-electron chi connectivity index (χ3n) is 3.87. The van der Waals surface area contributed by atoms with Gasteiger partial charge in [-0.05, 0) is 36.2 Å². The molecule has 0 saturated carbocycles. The van der Waals surface area contributed by atoms with Gasteiger partial charge in [-0.15, -0.1) is 0 Å². The lowest BCUT2D eigenvalue weighted by Gasteiger charge is -2.15. The molecule has 6 nitrogen and oxygen atoms in total. The number of methoxy groups -OCH3 is 1. The standard InChI is InChI=1S/C19H25NO5S/c1-14-8-9-15(12-19(14)26(22)24-3)16(21)13-20-10-11-25-18-7-5-4-6-17(18)23-2/h4-9,12,16,20-21H,10-11,13H2,1-3H3. The van der Waals surface area contributed by atoms with E-state index in [1.54, 1.807) is 13.2 Å². The lowest BCUT2D eigenvalue weighted by molar-refractivity contribution is 0.171. The van der Waals surface area contributed by atoms with E-state index in [-0.39, 0.29) is 0 Å². The summed E-state index contributed by atoms with van der Waals surface area (Å²) < 4.78 is 27.6. The number of hydrogen-bond donors (Lipinski definition) is 2. The third kappa shape index (κ3) is 5.54. The molecule has 2 atom stereocenters. The highest BCUT2D eigenvalue weighted by Gasteiger charge is 2.13. The maximum Gasteiger partial charge on any atom is 0.189 e. The molecule has 0 radical (unpaired) electrons. The van der Waals surface area contributed by atoms with Gasteiger partial charge in [0.2, 0.25) is 0 Å². The second kappa shape index (κ2) is 10.3. The summed E-state index contributed by atoms with van der Waals surface area (Å²) in [5, 5.41) is 13.5. The molecule has 2 N–H and O–H groups in total. The second-order valence-electron chi connectivity index (χ2n) is 5.65. The van der Waals surface area contributed by atoms with Crippen LogP contribution in [0.1, 0.15) is 17.2 Å². The Morgan fingerprint density at radius 2 is 1.88 bits per heavy atom. The molecule has 0 bridgehead atoms. The van der Waals surface area contributed by atoms with Gasteiger partial charge in [-0.25, -0.2) is 4.21 Å². The van der Waals surface area contributed by atoms with Crippen LogP contribution in [0.2, 0.25) is 0 Å². The first-order valence-corrected chi connectivity index (χ1v) is 9.35. The maximum atomic E-state index is 11.9. The van der Waals surface area contributed by atoms with Crippen molar-refractivity contribution in [2.75, 3.05) is 33.9 Å². The van der Waals surface area contributed by atoms with Gasteiger partial charge in [0.1, 0.15) is 6.61 Å². The Kier molecular flexibility index (Phi) is 8.06. The molecule has 0 aliphatic rings. The van der Waals surface area contributed by atoms with Gasteiger partial charge in [0.05, 0.1) is 25.2 Å². The van der Waals surface area contributed by atoms with Crippen molar-refractivity contribution in [3.05, 3.63) is 53.6 Å². The van der Waals surface area contributed by atoms with Crippen LogP contribution in [0.4, 0.5) is 0 Å². The Morgan fingerprint density at radius 1 is 1.15 bits per heavy atom. The molecular weight excluding hydrogens is 354 g/mol. The summed E-state index contributed by atoms with van der Waals surface area (Å²) in [5.41, 5.74) is 1.55. The van der Waals surface area contributed by atoms with Crippen molar-refractivity contribution >= 4 is 11.1 Å². The van der Waals surface area contributed by atoms with E-state index < -0.39 is 17.2 Å². The molecule has 2 unspecified atom stereocenters. The number of aryl methyl sites for hydroxylation is 1. The van der Waals surface area contributed by atoms with Gasteiger partial charge in [-0.2, -0.15) is 0 Å². The minimum Gasteiger partial charge on any atom is -0.493 e. The fourth-order valence-electron chi connectivity index (χ4n) is 2.42. The van der Waals surface area contributed by atoms with Crippen LogP contribution in [0.5, 0.6) is 11.5 Å². The van der Waals surface area contributed by atoms with E-state index in [1.807, 2.05) is 43.3 Å². The topological polar surface area (TPSA) is 77.0 Å². The first-order chi connectivity index (χ1) is 12.6. The molecule has 26 heavy (non-hydrogen) atoms. The Morgan fingerprint density at radius 3 is 2.58 bits per heavy atom. The summed E-state index contributed by atoms with van der Waals surface area (Å²) in [5.74, 6) is 1.37. The van der Waals surface area contributed by atoms with E-state index in [0.29, 0.717) is 41.7 Å². The first-order valence-electron chi connectivity index (χ1n) is 8.28. The lowest BCUT2D eigenvalue weighted by atomic mass is 10.1.